The van der Waals surface area contributed by atoms with Crippen molar-refractivity contribution in [2.45, 2.75) is 64.2 Å². The monoisotopic (exact) mass is 566 g/mol. The van der Waals surface area contributed by atoms with Gasteiger partial charge in [0.15, 0.2) is 0 Å². The van der Waals surface area contributed by atoms with Crippen molar-refractivity contribution in [2.24, 2.45) is 11.8 Å². The van der Waals surface area contributed by atoms with E-state index in [1.807, 2.05) is 38.1 Å². The second-order valence-electron chi connectivity index (χ2n) is 11.5. The summed E-state index contributed by atoms with van der Waals surface area (Å²) in [6.07, 6.45) is 5.18. The van der Waals surface area contributed by atoms with Gasteiger partial charge in [-0.05, 0) is 64.3 Å². The van der Waals surface area contributed by atoms with Crippen LogP contribution in [0.1, 0.15) is 47.0 Å². The summed E-state index contributed by atoms with van der Waals surface area (Å²) in [7, 11) is 0. The molecule has 1 N–H and O–H groups in total. The van der Waals surface area contributed by atoms with Gasteiger partial charge in [0.1, 0.15) is 11.6 Å². The molecule has 0 aromatic heterocycles. The molecule has 0 saturated carbocycles. The lowest BCUT2D eigenvalue weighted by molar-refractivity contribution is -0.149. The average Bonchev–Trinajstić information content (AvgIpc) is 3.53. The Morgan fingerprint density at radius 3 is 2.24 bits per heavy atom. The zero-order valence-electron chi connectivity index (χ0n) is 25.1. The topological polar surface area (TPSA) is 93.6 Å². The van der Waals surface area contributed by atoms with Crippen molar-refractivity contribution in [3.05, 3.63) is 49.6 Å². The molecule has 2 bridgehead atoms. The number of carbonyl (C=O) groups is 3. The number of ether oxygens (including phenoxy) is 1. The number of amides is 3. The number of carbonyl (C=O) groups excluding carboxylic acids is 3. The normalized spacial score (nSPS) is 28.0. The van der Waals surface area contributed by atoms with Crippen LogP contribution in [0.4, 0.5) is 11.4 Å². The summed E-state index contributed by atoms with van der Waals surface area (Å²) in [5.41, 5.74) is -0.258. The third-order valence-corrected chi connectivity index (χ3v) is 9.14. The second kappa shape index (κ2) is 12.4. The third-order valence-electron chi connectivity index (χ3n) is 9.14. The molecule has 5 atom stereocenters. The predicted octanol–water partition coefficient (Wildman–Crippen LogP) is 3.23. The summed E-state index contributed by atoms with van der Waals surface area (Å²) in [4.78, 5) is 49.7. The Morgan fingerprint density at radius 1 is 1.05 bits per heavy atom. The second-order valence-corrected chi connectivity index (χ2v) is 11.5. The molecule has 0 radical (unpaired) electrons. The highest BCUT2D eigenvalue weighted by molar-refractivity contribution is 6.05. The number of β-amino-alcohol motifs (C(OH)–C–C–N with tert-alkyl or cyclic N) is 1. The van der Waals surface area contributed by atoms with E-state index in [0.717, 1.165) is 25.2 Å². The van der Waals surface area contributed by atoms with Gasteiger partial charge in [-0.3, -0.25) is 14.4 Å². The quantitative estimate of drug-likeness (QED) is 0.348. The molecule has 0 aliphatic carbocycles. The molecule has 2 unspecified atom stereocenters. The minimum Gasteiger partial charge on any atom is -0.395 e. The Balaban J connectivity index is 1.74. The van der Waals surface area contributed by atoms with Crippen LogP contribution in [0.25, 0.3) is 0 Å². The van der Waals surface area contributed by atoms with Crippen molar-refractivity contribution in [3.8, 4) is 0 Å². The molecule has 3 amide bonds. The van der Waals surface area contributed by atoms with Crippen molar-refractivity contribution < 1.29 is 24.2 Å². The van der Waals surface area contributed by atoms with Crippen LogP contribution in [0.2, 0.25) is 0 Å². The van der Waals surface area contributed by atoms with Crippen molar-refractivity contribution in [2.75, 3.05) is 55.7 Å². The number of hydrogen-bond acceptors (Lipinski definition) is 6. The van der Waals surface area contributed by atoms with E-state index < -0.39 is 29.1 Å². The van der Waals surface area contributed by atoms with Gasteiger partial charge in [-0.1, -0.05) is 19.1 Å². The molecule has 3 fully saturated rings. The minimum atomic E-state index is -1.15. The van der Waals surface area contributed by atoms with Gasteiger partial charge in [0, 0.05) is 50.6 Å². The molecule has 3 heterocycles. The standard InChI is InChI=1S/C32H46N4O5/c1-7-18-34(19-8-2)28(38)25-26-29(39)36(21-22-37)27(32(26)17-16-31(25,6)41-32)30(40)35(20-9-3)24-14-12-23(13-15-24)33(10-4)11-5/h7,9,12-15,25-27,37H,1,3,8,10-11,16-22H2,2,4-6H3/t25-,26+,27?,31+,32?/m1/s1. The smallest absolute Gasteiger partial charge is 0.253 e. The van der Waals surface area contributed by atoms with E-state index in [4.69, 9.17) is 4.74 Å². The Bertz CT molecular complexity index is 1150. The highest BCUT2D eigenvalue weighted by Gasteiger charge is 2.78. The van der Waals surface area contributed by atoms with Gasteiger partial charge in [-0.2, -0.15) is 0 Å². The lowest BCUT2D eigenvalue weighted by Crippen LogP contribution is -2.57. The van der Waals surface area contributed by atoms with Crippen LogP contribution >= 0.6 is 0 Å². The fourth-order valence-corrected chi connectivity index (χ4v) is 7.37. The first-order valence-electron chi connectivity index (χ1n) is 15.0. The first-order valence-corrected chi connectivity index (χ1v) is 15.0. The first kappa shape index (κ1) is 30.8. The highest BCUT2D eigenvalue weighted by atomic mass is 16.5. The van der Waals surface area contributed by atoms with Crippen molar-refractivity contribution >= 4 is 29.1 Å². The SMILES string of the molecule is C=CCN(CCC)C(=O)[C@H]1[C@H]2C(=O)N(CCO)C(C(=O)N(CC=C)c3ccc(N(CC)CC)cc3)C23CC[C@]1(C)O3. The number of hydrogen-bond donors (Lipinski definition) is 1. The molecule has 9 nitrogen and oxygen atoms in total. The molecule has 1 aromatic carbocycles. The zero-order valence-corrected chi connectivity index (χ0v) is 25.1. The molecule has 9 heteroatoms. The molecule has 41 heavy (non-hydrogen) atoms. The largest absolute Gasteiger partial charge is 0.395 e. The molecule has 3 saturated heterocycles. The summed E-state index contributed by atoms with van der Waals surface area (Å²) in [5.74, 6) is -2.24. The number of fused-ring (bicyclic) bond motifs is 1. The number of nitrogens with zero attached hydrogens (tertiary/aromatic N) is 4. The van der Waals surface area contributed by atoms with Crippen LogP contribution in [0.5, 0.6) is 0 Å². The van der Waals surface area contributed by atoms with E-state index in [9.17, 15) is 19.5 Å². The number of aliphatic hydroxyl groups excluding tert-OH is 1. The highest BCUT2D eigenvalue weighted by Crippen LogP contribution is 2.63. The number of benzene rings is 1. The van der Waals surface area contributed by atoms with E-state index in [1.54, 1.807) is 22.0 Å². The number of likely N-dealkylation sites (tertiary alicyclic amines) is 1. The maximum atomic E-state index is 14.5. The van der Waals surface area contributed by atoms with Gasteiger partial charge in [-0.15, -0.1) is 13.2 Å². The summed E-state index contributed by atoms with van der Waals surface area (Å²) in [6, 6.07) is 6.85. The Labute approximate surface area is 244 Å². The Kier molecular flexibility index (Phi) is 9.29. The van der Waals surface area contributed by atoms with Crippen LogP contribution in [-0.2, 0) is 19.1 Å². The maximum absolute atomic E-state index is 14.5. The van der Waals surface area contributed by atoms with Gasteiger partial charge >= 0.3 is 0 Å². The van der Waals surface area contributed by atoms with E-state index in [-0.39, 0.29) is 37.4 Å². The lowest BCUT2D eigenvalue weighted by Gasteiger charge is -2.37. The van der Waals surface area contributed by atoms with Crippen molar-refractivity contribution in [1.82, 2.24) is 9.80 Å². The van der Waals surface area contributed by atoms with Crippen molar-refractivity contribution in [1.29, 1.82) is 0 Å². The van der Waals surface area contributed by atoms with Crippen LogP contribution in [0.3, 0.4) is 0 Å². The lowest BCUT2D eigenvalue weighted by atomic mass is 9.66. The number of anilines is 2. The van der Waals surface area contributed by atoms with Crippen LogP contribution in [-0.4, -0.2) is 95.7 Å². The number of aliphatic hydroxyl groups is 1. The van der Waals surface area contributed by atoms with Gasteiger partial charge in [0.05, 0.1) is 24.0 Å². The van der Waals surface area contributed by atoms with Crippen molar-refractivity contribution in [3.63, 3.8) is 0 Å². The van der Waals surface area contributed by atoms with Crippen LogP contribution in [0.15, 0.2) is 49.6 Å². The number of rotatable bonds is 14. The van der Waals surface area contributed by atoms with Crippen LogP contribution < -0.4 is 9.80 Å². The Hall–Kier alpha value is -3.17. The molecular weight excluding hydrogens is 520 g/mol. The summed E-state index contributed by atoms with van der Waals surface area (Å²) >= 11 is 0. The first-order chi connectivity index (χ1) is 19.7. The summed E-state index contributed by atoms with van der Waals surface area (Å²) in [5, 5.41) is 9.95. The minimum absolute atomic E-state index is 0.0113. The summed E-state index contributed by atoms with van der Waals surface area (Å²) in [6.45, 7) is 18.4. The average molecular weight is 567 g/mol. The summed E-state index contributed by atoms with van der Waals surface area (Å²) < 4.78 is 6.74. The van der Waals surface area contributed by atoms with E-state index in [0.29, 0.717) is 31.6 Å². The molecule has 4 rings (SSSR count). The Morgan fingerprint density at radius 2 is 1.68 bits per heavy atom. The fraction of sp³-hybridized carbons (Fsp3) is 0.594. The van der Waals surface area contributed by atoms with Gasteiger partial charge < -0.3 is 29.4 Å². The molecule has 1 spiro atoms. The molecular formula is C32H46N4O5. The van der Waals surface area contributed by atoms with Gasteiger partial charge in [0.25, 0.3) is 5.91 Å². The third kappa shape index (κ3) is 5.07. The molecule has 1 aromatic rings. The van der Waals surface area contributed by atoms with E-state index in [2.05, 4.69) is 31.9 Å². The molecule has 3 aliphatic rings. The molecule has 3 aliphatic heterocycles. The van der Waals surface area contributed by atoms with E-state index >= 15 is 0 Å². The fourth-order valence-electron chi connectivity index (χ4n) is 7.37. The molecule has 224 valence electrons. The van der Waals surface area contributed by atoms with E-state index in [1.165, 1.54) is 4.90 Å². The van der Waals surface area contributed by atoms with Crippen LogP contribution in [0, 0.1) is 11.8 Å². The van der Waals surface area contributed by atoms with Gasteiger partial charge in [-0.25, -0.2) is 0 Å². The van der Waals surface area contributed by atoms with Gasteiger partial charge in [0.2, 0.25) is 11.8 Å². The zero-order chi connectivity index (χ0) is 29.9. The maximum Gasteiger partial charge on any atom is 0.253 e. The predicted molar refractivity (Wildman–Crippen MR) is 161 cm³/mol.